The summed E-state index contributed by atoms with van der Waals surface area (Å²) in [6, 6.07) is 0. The summed E-state index contributed by atoms with van der Waals surface area (Å²) in [5, 5.41) is 16.7. The molecule has 0 aromatic heterocycles. The van der Waals surface area contributed by atoms with E-state index in [0.717, 1.165) is 0 Å². The summed E-state index contributed by atoms with van der Waals surface area (Å²) in [4.78, 5) is 0. The van der Waals surface area contributed by atoms with Crippen LogP contribution in [0.15, 0.2) is 0 Å². The molecule has 2 atom stereocenters. The van der Waals surface area contributed by atoms with E-state index >= 15 is 0 Å². The molecule has 0 fully saturated rings. The van der Waals surface area contributed by atoms with Crippen LogP contribution in [0.3, 0.4) is 0 Å². The number of alkyl halides is 24. The van der Waals surface area contributed by atoms with E-state index < -0.39 is 77.9 Å². The Morgan fingerprint density at radius 1 is 0.282 bits per heavy atom. The van der Waals surface area contributed by atoms with E-state index in [-0.39, 0.29) is 0 Å². The quantitative estimate of drug-likeness (QED) is 0.294. The fourth-order valence-electron chi connectivity index (χ4n) is 2.40. The van der Waals surface area contributed by atoms with Crippen molar-refractivity contribution < 1.29 is 116 Å². The van der Waals surface area contributed by atoms with Crippen LogP contribution in [0.4, 0.5) is 105 Å². The molecule has 0 rings (SSSR count). The van der Waals surface area contributed by atoms with Crippen LogP contribution >= 0.6 is 0 Å². The first-order chi connectivity index (χ1) is 16.3. The highest BCUT2D eigenvalue weighted by molar-refractivity contribution is 5.18. The molecule has 0 bridgehead atoms. The van der Waals surface area contributed by atoms with Gasteiger partial charge in [-0.3, -0.25) is 0 Å². The highest BCUT2D eigenvalue weighted by Crippen LogP contribution is 2.63. The third-order valence-electron chi connectivity index (χ3n) is 4.72. The normalized spacial score (nSPS) is 18.3. The zero-order valence-corrected chi connectivity index (χ0v) is 16.6. The number of aliphatic hydroxyl groups is 2. The topological polar surface area (TPSA) is 40.5 Å². The highest BCUT2D eigenvalue weighted by Gasteiger charge is 2.94. The Morgan fingerprint density at radius 3 is 0.564 bits per heavy atom. The van der Waals surface area contributed by atoms with Crippen molar-refractivity contribution in [2.75, 3.05) is 0 Å². The van der Waals surface area contributed by atoms with Gasteiger partial charge in [-0.15, -0.1) is 0 Å². The second-order valence-electron chi connectivity index (χ2n) is 7.19. The van der Waals surface area contributed by atoms with E-state index in [1.807, 2.05) is 0 Å². The molecule has 2 unspecified atom stereocenters. The third kappa shape index (κ3) is 4.78. The maximum Gasteiger partial charge on any atom is 0.434 e. The van der Waals surface area contributed by atoms with Gasteiger partial charge in [0.1, 0.15) is 0 Å². The van der Waals surface area contributed by atoms with Crippen LogP contribution in [-0.2, 0) is 0 Å². The van der Waals surface area contributed by atoms with E-state index in [4.69, 9.17) is 10.2 Å². The van der Waals surface area contributed by atoms with Gasteiger partial charge in [0.05, 0.1) is 0 Å². The van der Waals surface area contributed by atoms with Crippen molar-refractivity contribution in [2.45, 2.75) is 77.9 Å². The van der Waals surface area contributed by atoms with Crippen molar-refractivity contribution in [3.8, 4) is 0 Å². The number of hydrogen-bond donors (Lipinski definition) is 2. The molecule has 2 N–H and O–H groups in total. The molecule has 236 valence electrons. The molecule has 39 heavy (non-hydrogen) atoms. The van der Waals surface area contributed by atoms with Gasteiger partial charge >= 0.3 is 65.7 Å². The third-order valence-corrected chi connectivity index (χ3v) is 4.72. The fourth-order valence-corrected chi connectivity index (χ4v) is 2.40. The lowest BCUT2D eigenvalue weighted by atomic mass is 9.81. The predicted molar refractivity (Wildman–Crippen MR) is 68.6 cm³/mol. The van der Waals surface area contributed by atoms with Gasteiger partial charge in [0.2, 0.25) is 0 Å². The Bertz CT molecular complexity index is 774. The Labute approximate surface area is 195 Å². The number of halogens is 24. The summed E-state index contributed by atoms with van der Waals surface area (Å²) >= 11 is 0. The van der Waals surface area contributed by atoms with Crippen molar-refractivity contribution in [1.29, 1.82) is 0 Å². The highest BCUT2D eigenvalue weighted by atomic mass is 19.4. The number of hydrogen-bond acceptors (Lipinski definition) is 2. The smallest absolute Gasteiger partial charge is 0.383 e. The van der Waals surface area contributed by atoms with Crippen molar-refractivity contribution in [2.24, 2.45) is 0 Å². The molecule has 0 aliphatic rings. The molecule has 0 heterocycles. The average Bonchev–Trinajstić information content (AvgIpc) is 2.67. The summed E-state index contributed by atoms with van der Waals surface area (Å²) < 4.78 is 311. The second kappa shape index (κ2) is 9.12. The van der Waals surface area contributed by atoms with E-state index in [1.165, 1.54) is 0 Å². The zero-order valence-electron chi connectivity index (χ0n) is 16.6. The van der Waals surface area contributed by atoms with Crippen molar-refractivity contribution in [3.63, 3.8) is 0 Å². The molecular weight excluding hydrogens is 644 g/mol. The summed E-state index contributed by atoms with van der Waals surface area (Å²) in [5.41, 5.74) is -16.4. The molecule has 0 saturated heterocycles. The molecule has 0 spiro atoms. The van der Waals surface area contributed by atoms with Gasteiger partial charge in [0.25, 0.3) is 0 Å². The monoisotopic (exact) mass is 648 g/mol. The van der Waals surface area contributed by atoms with Crippen molar-refractivity contribution in [3.05, 3.63) is 0 Å². The van der Waals surface area contributed by atoms with Crippen LogP contribution in [0.25, 0.3) is 0 Å². The minimum absolute atomic E-state index is 7.04. The largest absolute Gasteiger partial charge is 0.434 e. The maximum absolute atomic E-state index is 13.6. The van der Waals surface area contributed by atoms with Gasteiger partial charge in [0.15, 0.2) is 12.2 Å². The van der Waals surface area contributed by atoms with Gasteiger partial charge < -0.3 is 10.2 Å². The maximum atomic E-state index is 13.6. The molecule has 0 saturated carbocycles. The van der Waals surface area contributed by atoms with Crippen LogP contribution in [-0.4, -0.2) is 88.1 Å². The lowest BCUT2D eigenvalue weighted by molar-refractivity contribution is -0.452. The minimum atomic E-state index is -9.23. The first-order valence-corrected chi connectivity index (χ1v) is 8.21. The summed E-state index contributed by atoms with van der Waals surface area (Å²) in [6.07, 6.45) is -46.4. The van der Waals surface area contributed by atoms with E-state index in [2.05, 4.69) is 0 Å². The molecular formula is C13H4F24O2. The first kappa shape index (κ1) is 37.2. The van der Waals surface area contributed by atoms with Crippen LogP contribution < -0.4 is 0 Å². The van der Waals surface area contributed by atoms with Crippen LogP contribution in [0.5, 0.6) is 0 Å². The van der Waals surface area contributed by atoms with Crippen LogP contribution in [0, 0.1) is 0 Å². The van der Waals surface area contributed by atoms with Crippen molar-refractivity contribution in [1.82, 2.24) is 0 Å². The Hall–Kier alpha value is -1.76. The lowest BCUT2D eigenvalue weighted by Crippen LogP contribution is -2.77. The molecule has 0 aliphatic heterocycles. The Kier molecular flexibility index (Phi) is 8.71. The lowest BCUT2D eigenvalue weighted by Gasteiger charge is -2.45. The Balaban J connectivity index is 7.29. The SMILES string of the molecule is OC(C(F)(F)C(F)(F)C(F)(F)C(F)(F)C(F)(F)C(O)C(F)(C(F)(F)F)C(F)(F)F)C(F)(C(F)(F)F)C(F)(F)F. The van der Waals surface area contributed by atoms with Gasteiger partial charge in [-0.25, -0.2) is 8.78 Å². The van der Waals surface area contributed by atoms with E-state index in [0.29, 0.717) is 0 Å². The summed E-state index contributed by atoms with van der Waals surface area (Å²) in [5.74, 6) is -44.8. The van der Waals surface area contributed by atoms with Gasteiger partial charge in [0, 0.05) is 0 Å². The standard InChI is InChI=1S/C13H4F24O2/c14-3(10(26,27)28,11(29,30)31)1(38)5(16,17)7(20,21)9(24,25)8(22,23)6(18,19)2(39)4(15,12(32,33)34)13(35,36)37/h1-2,38-39H. The molecule has 2 nitrogen and oxygen atoms in total. The van der Waals surface area contributed by atoms with Crippen molar-refractivity contribution >= 4 is 0 Å². The molecule has 26 heteroatoms. The van der Waals surface area contributed by atoms with E-state index in [1.54, 1.807) is 0 Å². The number of aliphatic hydroxyl groups excluding tert-OH is 2. The summed E-state index contributed by atoms with van der Waals surface area (Å²) in [7, 11) is 0. The molecule has 0 radical (unpaired) electrons. The first-order valence-electron chi connectivity index (χ1n) is 8.21. The average molecular weight is 648 g/mol. The Morgan fingerprint density at radius 2 is 0.436 bits per heavy atom. The summed E-state index contributed by atoms with van der Waals surface area (Å²) in [6.45, 7) is 0. The molecule has 0 amide bonds. The molecule has 0 aliphatic carbocycles. The predicted octanol–water partition coefficient (Wildman–Crippen LogP) is 6.55. The number of rotatable bonds is 8. The van der Waals surface area contributed by atoms with Gasteiger partial charge in [-0.1, -0.05) is 0 Å². The van der Waals surface area contributed by atoms with Crippen LogP contribution in [0.1, 0.15) is 0 Å². The van der Waals surface area contributed by atoms with E-state index in [9.17, 15) is 105 Å². The molecule has 0 aromatic rings. The minimum Gasteiger partial charge on any atom is -0.383 e. The zero-order chi connectivity index (χ0) is 32.7. The fraction of sp³-hybridized carbons (Fsp3) is 1.00. The molecule has 0 aromatic carbocycles. The van der Waals surface area contributed by atoms with Crippen LogP contribution in [0.2, 0.25) is 0 Å². The van der Waals surface area contributed by atoms with Gasteiger partial charge in [-0.2, -0.15) is 96.6 Å². The second-order valence-corrected chi connectivity index (χ2v) is 7.19. The van der Waals surface area contributed by atoms with Gasteiger partial charge in [-0.05, 0) is 0 Å².